The summed E-state index contributed by atoms with van der Waals surface area (Å²) in [5, 5.41) is 0. The summed E-state index contributed by atoms with van der Waals surface area (Å²) in [4.78, 5) is 13.9. The molecule has 0 saturated carbocycles. The van der Waals surface area contributed by atoms with Gasteiger partial charge in [0.15, 0.2) is 0 Å². The van der Waals surface area contributed by atoms with Crippen LogP contribution in [0.5, 0.6) is 0 Å². The minimum Gasteiger partial charge on any atom is -0.393 e. The number of rotatable bonds is 4. The number of thiocarbonyl (C=S) groups is 1. The average molecular weight is 268 g/mol. The molecule has 0 heterocycles. The van der Waals surface area contributed by atoms with Gasteiger partial charge >= 0.3 is 0 Å². The molecule has 0 bridgehead atoms. The zero-order valence-electron chi connectivity index (χ0n) is 10.7. The van der Waals surface area contributed by atoms with Crippen molar-refractivity contribution in [3.05, 3.63) is 35.1 Å². The highest BCUT2D eigenvalue weighted by Gasteiger charge is 2.20. The van der Waals surface area contributed by atoms with Crippen molar-refractivity contribution in [2.24, 2.45) is 5.73 Å². The third-order valence-corrected chi connectivity index (χ3v) is 3.00. The second-order valence-corrected chi connectivity index (χ2v) is 4.94. The quantitative estimate of drug-likeness (QED) is 0.852. The van der Waals surface area contributed by atoms with Crippen LogP contribution in [0.25, 0.3) is 0 Å². The summed E-state index contributed by atoms with van der Waals surface area (Å²) in [5.41, 5.74) is 6.36. The van der Waals surface area contributed by atoms with Gasteiger partial charge in [0.25, 0.3) is 5.91 Å². The van der Waals surface area contributed by atoms with Crippen molar-refractivity contribution in [3.63, 3.8) is 0 Å². The number of benzene rings is 1. The number of nitrogens with two attached hydrogens (primary N) is 1. The van der Waals surface area contributed by atoms with Crippen molar-refractivity contribution in [2.45, 2.75) is 26.3 Å². The van der Waals surface area contributed by atoms with E-state index in [1.54, 1.807) is 19.2 Å². The number of carbonyl (C=O) groups is 1. The average Bonchev–Trinajstić information content (AvgIpc) is 2.29. The Bertz CT molecular complexity index is 476. The summed E-state index contributed by atoms with van der Waals surface area (Å²) in [6.07, 6.45) is 0.422. The van der Waals surface area contributed by atoms with Gasteiger partial charge in [0, 0.05) is 19.5 Å². The van der Waals surface area contributed by atoms with Gasteiger partial charge in [-0.05, 0) is 26.0 Å². The number of hydrogen-bond acceptors (Lipinski definition) is 2. The Hall–Kier alpha value is -1.49. The summed E-state index contributed by atoms with van der Waals surface area (Å²) in [5.74, 6) is -0.875. The lowest BCUT2D eigenvalue weighted by Crippen LogP contribution is -2.37. The molecule has 0 aliphatic carbocycles. The van der Waals surface area contributed by atoms with Gasteiger partial charge in [0.05, 0.1) is 10.6 Å². The Morgan fingerprint density at radius 1 is 1.56 bits per heavy atom. The van der Waals surface area contributed by atoms with Crippen molar-refractivity contribution >= 4 is 23.1 Å². The zero-order valence-corrected chi connectivity index (χ0v) is 11.6. The molecule has 1 atom stereocenters. The van der Waals surface area contributed by atoms with Gasteiger partial charge in [0.2, 0.25) is 0 Å². The van der Waals surface area contributed by atoms with E-state index in [9.17, 15) is 9.18 Å². The second-order valence-electron chi connectivity index (χ2n) is 4.42. The molecule has 0 spiro atoms. The molecule has 0 aromatic heterocycles. The number of nitrogens with zero attached hydrogens (tertiary/aromatic N) is 1. The lowest BCUT2D eigenvalue weighted by atomic mass is 10.1. The maximum absolute atomic E-state index is 13.6. The zero-order chi connectivity index (χ0) is 13.9. The van der Waals surface area contributed by atoms with E-state index in [4.69, 9.17) is 18.0 Å². The standard InChI is InChI=1S/C13H17FN2OS/c1-8-4-5-11(14)10(6-8)13(17)16(3)9(2)7-12(15)18/h4-6,9H,7H2,1-3H3,(H2,15,18). The Balaban J connectivity index is 2.92. The summed E-state index contributed by atoms with van der Waals surface area (Å²) in [7, 11) is 1.62. The summed E-state index contributed by atoms with van der Waals surface area (Å²) in [6, 6.07) is 4.32. The summed E-state index contributed by atoms with van der Waals surface area (Å²) >= 11 is 4.81. The van der Waals surface area contributed by atoms with Gasteiger partial charge in [0.1, 0.15) is 5.82 Å². The first kappa shape index (κ1) is 14.6. The van der Waals surface area contributed by atoms with Crippen LogP contribution < -0.4 is 5.73 Å². The molecule has 1 unspecified atom stereocenters. The molecule has 1 rings (SSSR count). The maximum Gasteiger partial charge on any atom is 0.256 e. The molecule has 0 aliphatic heterocycles. The first-order chi connectivity index (χ1) is 8.32. The van der Waals surface area contributed by atoms with E-state index < -0.39 is 5.82 Å². The van der Waals surface area contributed by atoms with E-state index in [-0.39, 0.29) is 17.5 Å². The predicted molar refractivity (Wildman–Crippen MR) is 74.1 cm³/mol. The number of halogens is 1. The van der Waals surface area contributed by atoms with Crippen LogP contribution in [0.2, 0.25) is 0 Å². The highest BCUT2D eigenvalue weighted by molar-refractivity contribution is 7.80. The minimum atomic E-state index is -0.514. The van der Waals surface area contributed by atoms with Crippen LogP contribution in [0.15, 0.2) is 18.2 Å². The molecule has 1 aromatic carbocycles. The normalized spacial score (nSPS) is 12.0. The van der Waals surface area contributed by atoms with Gasteiger partial charge in [-0.3, -0.25) is 4.79 Å². The molecule has 1 amide bonds. The molecule has 0 radical (unpaired) electrons. The number of aryl methyl sites for hydroxylation is 1. The monoisotopic (exact) mass is 268 g/mol. The fourth-order valence-electron chi connectivity index (χ4n) is 1.62. The highest BCUT2D eigenvalue weighted by Crippen LogP contribution is 2.14. The van der Waals surface area contributed by atoms with Crippen LogP contribution in [0, 0.1) is 12.7 Å². The van der Waals surface area contributed by atoms with Gasteiger partial charge in [-0.25, -0.2) is 4.39 Å². The highest BCUT2D eigenvalue weighted by atomic mass is 32.1. The fourth-order valence-corrected chi connectivity index (χ4v) is 1.86. The fraction of sp³-hybridized carbons (Fsp3) is 0.385. The van der Waals surface area contributed by atoms with E-state index in [1.165, 1.54) is 11.0 Å². The van der Waals surface area contributed by atoms with Crippen molar-refractivity contribution < 1.29 is 9.18 Å². The molecule has 18 heavy (non-hydrogen) atoms. The van der Waals surface area contributed by atoms with Crippen molar-refractivity contribution in [1.82, 2.24) is 4.90 Å². The Labute approximate surface area is 112 Å². The van der Waals surface area contributed by atoms with Crippen LogP contribution in [-0.2, 0) is 0 Å². The molecule has 0 fully saturated rings. The largest absolute Gasteiger partial charge is 0.393 e. The Kier molecular flexibility index (Phi) is 4.78. The molecule has 98 valence electrons. The van der Waals surface area contributed by atoms with E-state index >= 15 is 0 Å². The Morgan fingerprint density at radius 2 is 2.17 bits per heavy atom. The van der Waals surface area contributed by atoms with Crippen LogP contribution in [0.1, 0.15) is 29.3 Å². The van der Waals surface area contributed by atoms with Crippen LogP contribution >= 0.6 is 12.2 Å². The molecule has 1 aromatic rings. The van der Waals surface area contributed by atoms with Gasteiger partial charge in [-0.15, -0.1) is 0 Å². The van der Waals surface area contributed by atoms with E-state index in [0.717, 1.165) is 5.56 Å². The van der Waals surface area contributed by atoms with Crippen molar-refractivity contribution in [2.75, 3.05) is 7.05 Å². The number of carbonyl (C=O) groups excluding carboxylic acids is 1. The summed E-state index contributed by atoms with van der Waals surface area (Å²) in [6.45, 7) is 3.64. The van der Waals surface area contributed by atoms with Gasteiger partial charge < -0.3 is 10.6 Å². The van der Waals surface area contributed by atoms with Crippen LogP contribution in [0.3, 0.4) is 0 Å². The molecular weight excluding hydrogens is 251 g/mol. The third-order valence-electron chi connectivity index (χ3n) is 2.83. The minimum absolute atomic E-state index is 0.0762. The molecule has 3 nitrogen and oxygen atoms in total. The van der Waals surface area contributed by atoms with Crippen LogP contribution in [-0.4, -0.2) is 28.9 Å². The predicted octanol–water partition coefficient (Wildman–Crippen LogP) is 2.27. The molecule has 2 N–H and O–H groups in total. The first-order valence-electron chi connectivity index (χ1n) is 5.64. The summed E-state index contributed by atoms with van der Waals surface area (Å²) < 4.78 is 13.6. The lowest BCUT2D eigenvalue weighted by Gasteiger charge is -2.25. The maximum atomic E-state index is 13.6. The Morgan fingerprint density at radius 3 is 2.72 bits per heavy atom. The van der Waals surface area contributed by atoms with E-state index in [0.29, 0.717) is 11.4 Å². The SMILES string of the molecule is Cc1ccc(F)c(C(=O)N(C)C(C)CC(N)=S)c1. The number of hydrogen-bond donors (Lipinski definition) is 1. The van der Waals surface area contributed by atoms with Gasteiger partial charge in [-0.1, -0.05) is 23.8 Å². The van der Waals surface area contributed by atoms with Crippen molar-refractivity contribution in [3.8, 4) is 0 Å². The molecule has 0 saturated heterocycles. The molecular formula is C13H17FN2OS. The number of amides is 1. The van der Waals surface area contributed by atoms with Gasteiger partial charge in [-0.2, -0.15) is 0 Å². The molecule has 5 heteroatoms. The second kappa shape index (κ2) is 5.91. The topological polar surface area (TPSA) is 46.3 Å². The smallest absolute Gasteiger partial charge is 0.256 e. The first-order valence-corrected chi connectivity index (χ1v) is 6.05. The van der Waals surface area contributed by atoms with E-state index in [2.05, 4.69) is 0 Å². The molecule has 0 aliphatic rings. The lowest BCUT2D eigenvalue weighted by molar-refractivity contribution is 0.0743. The van der Waals surface area contributed by atoms with Crippen LogP contribution in [0.4, 0.5) is 4.39 Å². The van der Waals surface area contributed by atoms with E-state index in [1.807, 2.05) is 13.8 Å². The van der Waals surface area contributed by atoms with Crippen molar-refractivity contribution in [1.29, 1.82) is 0 Å². The third kappa shape index (κ3) is 3.50.